The van der Waals surface area contributed by atoms with Crippen LogP contribution < -0.4 is 10.1 Å². The lowest BCUT2D eigenvalue weighted by Crippen LogP contribution is -2.23. The molecule has 128 valence electrons. The topological polar surface area (TPSA) is 38.3 Å². The van der Waals surface area contributed by atoms with Crippen LogP contribution >= 0.6 is 0 Å². The molecule has 23 heavy (non-hydrogen) atoms. The Morgan fingerprint density at radius 2 is 1.83 bits per heavy atom. The molecule has 1 N–H and O–H groups in total. The first kappa shape index (κ1) is 17.6. The van der Waals surface area contributed by atoms with Crippen LogP contribution in [-0.4, -0.2) is 18.7 Å². The van der Waals surface area contributed by atoms with Gasteiger partial charge in [0.15, 0.2) is 6.61 Å². The van der Waals surface area contributed by atoms with Crippen molar-refractivity contribution >= 4 is 5.91 Å². The molecule has 0 aliphatic heterocycles. The molecule has 0 saturated heterocycles. The van der Waals surface area contributed by atoms with E-state index in [0.29, 0.717) is 18.9 Å². The first-order chi connectivity index (χ1) is 10.9. The normalized spacial score (nSPS) is 15.6. The number of nitrogens with one attached hydrogen (secondary N) is 1. The molecule has 0 atom stereocenters. The number of carbonyl (C=O) groups excluding carboxylic acids is 1. The minimum Gasteiger partial charge on any atom is -0.484 e. The van der Waals surface area contributed by atoms with Gasteiger partial charge in [0.05, 0.1) is 0 Å². The molecule has 0 spiro atoms. The number of rotatable bonds is 7. The third-order valence-corrected chi connectivity index (χ3v) is 4.07. The van der Waals surface area contributed by atoms with Crippen molar-refractivity contribution in [2.24, 2.45) is 5.92 Å². The van der Waals surface area contributed by atoms with Gasteiger partial charge in [0, 0.05) is 13.0 Å². The molecule has 1 amide bonds. The number of hydrogen-bond donors (Lipinski definition) is 1. The van der Waals surface area contributed by atoms with E-state index < -0.39 is 12.8 Å². The van der Waals surface area contributed by atoms with E-state index in [4.69, 9.17) is 0 Å². The molecule has 0 aromatic heterocycles. The standard InChI is InChI=1S/C17H22F3NO2/c18-17(19,20)12-23-15-8-5-14(6-9-15)11-21-16(22)10-7-13-3-1-2-4-13/h5-6,8-9,13H,1-4,7,10-12H2,(H,21,22). The molecule has 1 fully saturated rings. The Bertz CT molecular complexity index is 494. The number of ether oxygens (including phenoxy) is 1. The molecular weight excluding hydrogens is 307 g/mol. The van der Waals surface area contributed by atoms with Crippen LogP contribution in [0.4, 0.5) is 13.2 Å². The third-order valence-electron chi connectivity index (χ3n) is 4.07. The van der Waals surface area contributed by atoms with E-state index in [1.165, 1.54) is 37.8 Å². The van der Waals surface area contributed by atoms with Crippen LogP contribution in [0.2, 0.25) is 0 Å². The Labute approximate surface area is 134 Å². The lowest BCUT2D eigenvalue weighted by molar-refractivity contribution is -0.153. The lowest BCUT2D eigenvalue weighted by atomic mass is 10.0. The van der Waals surface area contributed by atoms with Crippen LogP contribution in [0, 0.1) is 5.92 Å². The molecule has 3 nitrogen and oxygen atoms in total. The maximum atomic E-state index is 12.0. The molecule has 0 heterocycles. The Balaban J connectivity index is 1.67. The molecule has 0 radical (unpaired) electrons. The average Bonchev–Trinajstić information content (AvgIpc) is 3.02. The van der Waals surface area contributed by atoms with Gasteiger partial charge in [0.2, 0.25) is 5.91 Å². The third kappa shape index (κ3) is 6.93. The predicted molar refractivity (Wildman–Crippen MR) is 81.0 cm³/mol. The van der Waals surface area contributed by atoms with Gasteiger partial charge < -0.3 is 10.1 Å². The van der Waals surface area contributed by atoms with Crippen LogP contribution in [-0.2, 0) is 11.3 Å². The molecule has 1 saturated carbocycles. The Morgan fingerprint density at radius 3 is 2.43 bits per heavy atom. The highest BCUT2D eigenvalue weighted by molar-refractivity contribution is 5.75. The van der Waals surface area contributed by atoms with E-state index in [1.807, 2.05) is 0 Å². The average molecular weight is 329 g/mol. The molecule has 0 unspecified atom stereocenters. The first-order valence-electron chi connectivity index (χ1n) is 7.97. The summed E-state index contributed by atoms with van der Waals surface area (Å²) in [7, 11) is 0. The number of halogens is 3. The van der Waals surface area contributed by atoms with Crippen molar-refractivity contribution < 1.29 is 22.7 Å². The SMILES string of the molecule is O=C(CCC1CCCC1)NCc1ccc(OCC(F)(F)F)cc1. The Kier molecular flexibility index (Phi) is 6.30. The van der Waals surface area contributed by atoms with Crippen LogP contribution in [0.15, 0.2) is 24.3 Å². The highest BCUT2D eigenvalue weighted by Gasteiger charge is 2.28. The van der Waals surface area contributed by atoms with E-state index in [-0.39, 0.29) is 11.7 Å². The van der Waals surface area contributed by atoms with Gasteiger partial charge in [0.25, 0.3) is 0 Å². The van der Waals surface area contributed by atoms with E-state index in [0.717, 1.165) is 12.0 Å². The van der Waals surface area contributed by atoms with E-state index in [9.17, 15) is 18.0 Å². The molecule has 6 heteroatoms. The fraction of sp³-hybridized carbons (Fsp3) is 0.588. The molecule has 0 bridgehead atoms. The quantitative estimate of drug-likeness (QED) is 0.813. The summed E-state index contributed by atoms with van der Waals surface area (Å²) < 4.78 is 40.8. The summed E-state index contributed by atoms with van der Waals surface area (Å²) >= 11 is 0. The fourth-order valence-corrected chi connectivity index (χ4v) is 2.79. The van der Waals surface area contributed by atoms with Crippen molar-refractivity contribution in [3.63, 3.8) is 0 Å². The Hall–Kier alpha value is -1.72. The minimum atomic E-state index is -4.34. The number of benzene rings is 1. The highest BCUT2D eigenvalue weighted by Crippen LogP contribution is 2.28. The summed E-state index contributed by atoms with van der Waals surface area (Å²) in [5.41, 5.74) is 0.832. The maximum Gasteiger partial charge on any atom is 0.422 e. The van der Waals surface area contributed by atoms with Crippen molar-refractivity contribution in [1.29, 1.82) is 0 Å². The van der Waals surface area contributed by atoms with Crippen molar-refractivity contribution in [3.8, 4) is 5.75 Å². The number of hydrogen-bond acceptors (Lipinski definition) is 2. The van der Waals surface area contributed by atoms with Crippen LogP contribution in [0.3, 0.4) is 0 Å². The summed E-state index contributed by atoms with van der Waals surface area (Å²) in [6.07, 6.45) is 2.14. The van der Waals surface area contributed by atoms with Gasteiger partial charge in [-0.15, -0.1) is 0 Å². The largest absolute Gasteiger partial charge is 0.484 e. The molecular formula is C17H22F3NO2. The van der Waals surface area contributed by atoms with Crippen molar-refractivity contribution in [1.82, 2.24) is 5.32 Å². The fourth-order valence-electron chi connectivity index (χ4n) is 2.79. The van der Waals surface area contributed by atoms with E-state index in [1.54, 1.807) is 12.1 Å². The monoisotopic (exact) mass is 329 g/mol. The van der Waals surface area contributed by atoms with Gasteiger partial charge in [-0.1, -0.05) is 37.8 Å². The zero-order valence-corrected chi connectivity index (χ0v) is 13.0. The summed E-state index contributed by atoms with van der Waals surface area (Å²) in [5, 5.41) is 2.84. The summed E-state index contributed by atoms with van der Waals surface area (Å²) in [4.78, 5) is 11.8. The van der Waals surface area contributed by atoms with Gasteiger partial charge in [-0.05, 0) is 30.0 Å². The predicted octanol–water partition coefficient (Wildman–Crippen LogP) is 4.21. The van der Waals surface area contributed by atoms with Gasteiger partial charge in [-0.25, -0.2) is 0 Å². The summed E-state index contributed by atoms with van der Waals surface area (Å²) in [6, 6.07) is 6.27. The molecule has 1 aliphatic rings. The van der Waals surface area contributed by atoms with Crippen LogP contribution in [0.25, 0.3) is 0 Å². The summed E-state index contributed by atoms with van der Waals surface area (Å²) in [6.45, 7) is -0.923. The Morgan fingerprint density at radius 1 is 1.17 bits per heavy atom. The second-order valence-corrected chi connectivity index (χ2v) is 6.01. The van der Waals surface area contributed by atoms with Crippen molar-refractivity contribution in [2.45, 2.75) is 51.2 Å². The van der Waals surface area contributed by atoms with Crippen molar-refractivity contribution in [2.75, 3.05) is 6.61 Å². The van der Waals surface area contributed by atoms with Crippen molar-refractivity contribution in [3.05, 3.63) is 29.8 Å². The summed E-state index contributed by atoms with van der Waals surface area (Å²) in [5.74, 6) is 0.874. The van der Waals surface area contributed by atoms with Crippen LogP contribution in [0.5, 0.6) is 5.75 Å². The number of alkyl halides is 3. The molecule has 2 rings (SSSR count). The molecule has 1 aliphatic carbocycles. The van der Waals surface area contributed by atoms with Gasteiger partial charge >= 0.3 is 6.18 Å². The smallest absolute Gasteiger partial charge is 0.422 e. The number of carbonyl (C=O) groups is 1. The first-order valence-corrected chi connectivity index (χ1v) is 7.97. The van der Waals surface area contributed by atoms with Gasteiger partial charge in [-0.3, -0.25) is 4.79 Å². The van der Waals surface area contributed by atoms with Crippen LogP contribution in [0.1, 0.15) is 44.1 Å². The molecule has 1 aromatic rings. The second kappa shape index (κ2) is 8.22. The number of amides is 1. The van der Waals surface area contributed by atoms with Gasteiger partial charge in [-0.2, -0.15) is 13.2 Å². The lowest BCUT2D eigenvalue weighted by Gasteiger charge is -2.11. The maximum absolute atomic E-state index is 12.0. The second-order valence-electron chi connectivity index (χ2n) is 6.01. The zero-order chi connectivity index (χ0) is 16.7. The molecule has 1 aromatic carbocycles. The van der Waals surface area contributed by atoms with E-state index >= 15 is 0 Å². The van der Waals surface area contributed by atoms with Gasteiger partial charge in [0.1, 0.15) is 5.75 Å². The minimum absolute atomic E-state index is 0.0225. The van der Waals surface area contributed by atoms with E-state index in [2.05, 4.69) is 10.1 Å². The zero-order valence-electron chi connectivity index (χ0n) is 13.0. The highest BCUT2D eigenvalue weighted by atomic mass is 19.4.